The van der Waals surface area contributed by atoms with Crippen molar-refractivity contribution in [2.45, 2.75) is 24.3 Å². The Labute approximate surface area is 124 Å². The van der Waals surface area contributed by atoms with Gasteiger partial charge in [-0.1, -0.05) is 12.1 Å². The molecule has 3 N–H and O–H groups in total. The number of rotatable bonds is 5. The number of pyridine rings is 1. The van der Waals surface area contributed by atoms with Crippen molar-refractivity contribution >= 4 is 26.6 Å². The first-order valence-corrected chi connectivity index (χ1v) is 7.91. The molecule has 0 aliphatic heterocycles. The topological polar surface area (TPSA) is 100 Å². The average molecular weight is 306 g/mol. The van der Waals surface area contributed by atoms with E-state index in [1.54, 1.807) is 37.5 Å². The Hall–Kier alpha value is -1.99. The van der Waals surface area contributed by atoms with Gasteiger partial charge in [0, 0.05) is 42.7 Å². The van der Waals surface area contributed by atoms with E-state index in [0.717, 1.165) is 5.39 Å². The molecule has 1 aromatic heterocycles. The first-order valence-electron chi connectivity index (χ1n) is 6.47. The van der Waals surface area contributed by atoms with E-state index in [-0.39, 0.29) is 23.2 Å². The molecule has 1 unspecified atom stereocenters. The predicted octanol–water partition coefficient (Wildman–Crippen LogP) is 1.57. The first kappa shape index (κ1) is 15.4. The van der Waals surface area contributed by atoms with Crippen LogP contribution in [-0.4, -0.2) is 36.6 Å². The molecule has 2 aromatic rings. The van der Waals surface area contributed by atoms with E-state index in [4.69, 9.17) is 11.1 Å². The number of fused-ring (bicyclic) bond motifs is 1. The monoisotopic (exact) mass is 306 g/mol. The molecule has 112 valence electrons. The Balaban J connectivity index is 2.49. The van der Waals surface area contributed by atoms with Gasteiger partial charge in [-0.3, -0.25) is 10.4 Å². The minimum Gasteiger partial charge on any atom is -0.388 e. The van der Waals surface area contributed by atoms with E-state index in [1.807, 2.05) is 6.07 Å². The third-order valence-corrected chi connectivity index (χ3v) is 5.46. The van der Waals surface area contributed by atoms with Gasteiger partial charge in [0.1, 0.15) is 0 Å². The summed E-state index contributed by atoms with van der Waals surface area (Å²) in [5.41, 5.74) is 5.36. The molecule has 7 heteroatoms. The maximum absolute atomic E-state index is 12.8. The highest BCUT2D eigenvalue weighted by atomic mass is 32.2. The van der Waals surface area contributed by atoms with Gasteiger partial charge in [-0.2, -0.15) is 4.31 Å². The molecular weight excluding hydrogens is 288 g/mol. The molecule has 0 aliphatic carbocycles. The van der Waals surface area contributed by atoms with Gasteiger partial charge in [0.2, 0.25) is 10.0 Å². The lowest BCUT2D eigenvalue weighted by Gasteiger charge is -2.24. The van der Waals surface area contributed by atoms with Crippen LogP contribution in [0.2, 0.25) is 0 Å². The zero-order chi connectivity index (χ0) is 15.6. The number of amidine groups is 1. The fourth-order valence-corrected chi connectivity index (χ4v) is 3.73. The summed E-state index contributed by atoms with van der Waals surface area (Å²) < 4.78 is 26.8. The molecule has 1 heterocycles. The second kappa shape index (κ2) is 5.79. The van der Waals surface area contributed by atoms with Crippen molar-refractivity contribution in [2.24, 2.45) is 5.73 Å². The van der Waals surface area contributed by atoms with E-state index in [0.29, 0.717) is 5.39 Å². The average Bonchev–Trinajstić information content (AvgIpc) is 2.45. The fraction of sp³-hybridized carbons (Fsp3) is 0.286. The van der Waals surface area contributed by atoms with Crippen LogP contribution in [0.1, 0.15) is 13.3 Å². The third-order valence-electron chi connectivity index (χ3n) is 3.43. The van der Waals surface area contributed by atoms with E-state index >= 15 is 0 Å². The molecule has 0 radical (unpaired) electrons. The maximum Gasteiger partial charge on any atom is 0.243 e. The van der Waals surface area contributed by atoms with Gasteiger partial charge < -0.3 is 5.73 Å². The van der Waals surface area contributed by atoms with Gasteiger partial charge >= 0.3 is 0 Å². The summed E-state index contributed by atoms with van der Waals surface area (Å²) in [6.07, 6.45) is 3.40. The molecule has 21 heavy (non-hydrogen) atoms. The number of sulfonamides is 1. The SMILES string of the molecule is CC(CC(=N)N)N(C)S(=O)(=O)c1cccc2cnccc12. The minimum atomic E-state index is -3.66. The molecule has 0 bridgehead atoms. The quantitative estimate of drug-likeness (QED) is 0.647. The second-order valence-corrected chi connectivity index (χ2v) is 6.92. The molecule has 0 spiro atoms. The summed E-state index contributed by atoms with van der Waals surface area (Å²) in [7, 11) is -2.15. The van der Waals surface area contributed by atoms with Crippen LogP contribution in [0.15, 0.2) is 41.6 Å². The molecular formula is C14H18N4O2S. The summed E-state index contributed by atoms with van der Waals surface area (Å²) in [6, 6.07) is 6.39. The molecule has 0 fully saturated rings. The van der Waals surface area contributed by atoms with Gasteiger partial charge in [0.25, 0.3) is 0 Å². The Morgan fingerprint density at radius 1 is 1.43 bits per heavy atom. The molecule has 0 amide bonds. The summed E-state index contributed by atoms with van der Waals surface area (Å²) in [5.74, 6) is -0.0355. The maximum atomic E-state index is 12.8. The molecule has 6 nitrogen and oxygen atoms in total. The molecule has 0 saturated carbocycles. The van der Waals surface area contributed by atoms with E-state index in [2.05, 4.69) is 4.98 Å². The molecule has 2 rings (SSSR count). The Kier molecular flexibility index (Phi) is 4.24. The van der Waals surface area contributed by atoms with Crippen LogP contribution < -0.4 is 5.73 Å². The van der Waals surface area contributed by atoms with Crippen molar-refractivity contribution in [3.8, 4) is 0 Å². The van der Waals surface area contributed by atoms with Crippen molar-refractivity contribution in [3.05, 3.63) is 36.7 Å². The standard InChI is InChI=1S/C14H18N4O2S/c1-10(8-14(15)16)18(2)21(19,20)13-5-3-4-11-9-17-7-6-12(11)13/h3-7,9-10H,8H2,1-2H3,(H3,15,16). The third kappa shape index (κ3) is 3.03. The zero-order valence-corrected chi connectivity index (χ0v) is 12.8. The number of aromatic nitrogens is 1. The Bertz CT molecular complexity index is 768. The van der Waals surface area contributed by atoms with Crippen LogP contribution in [0.25, 0.3) is 10.8 Å². The summed E-state index contributed by atoms with van der Waals surface area (Å²) in [5, 5.41) is 8.71. The number of nitrogens with one attached hydrogen (secondary N) is 1. The van der Waals surface area contributed by atoms with Gasteiger partial charge in [0.15, 0.2) is 0 Å². The number of benzene rings is 1. The van der Waals surface area contributed by atoms with E-state index in [9.17, 15) is 8.42 Å². The summed E-state index contributed by atoms with van der Waals surface area (Å²) in [6.45, 7) is 1.73. The number of nitrogens with two attached hydrogens (primary N) is 1. The van der Waals surface area contributed by atoms with Crippen LogP contribution in [-0.2, 0) is 10.0 Å². The Morgan fingerprint density at radius 2 is 2.14 bits per heavy atom. The number of hydrogen-bond acceptors (Lipinski definition) is 4. The summed E-state index contributed by atoms with van der Waals surface area (Å²) >= 11 is 0. The molecule has 1 atom stereocenters. The van der Waals surface area contributed by atoms with Crippen LogP contribution >= 0.6 is 0 Å². The van der Waals surface area contributed by atoms with Crippen LogP contribution in [0.5, 0.6) is 0 Å². The van der Waals surface area contributed by atoms with Crippen LogP contribution in [0.3, 0.4) is 0 Å². The normalized spacial score (nSPS) is 13.5. The first-order chi connectivity index (χ1) is 9.84. The summed E-state index contributed by atoms with van der Waals surface area (Å²) in [4.78, 5) is 4.24. The highest BCUT2D eigenvalue weighted by Crippen LogP contribution is 2.25. The highest BCUT2D eigenvalue weighted by Gasteiger charge is 2.27. The van der Waals surface area contributed by atoms with Crippen molar-refractivity contribution in [1.29, 1.82) is 5.41 Å². The molecule has 1 aromatic carbocycles. The van der Waals surface area contributed by atoms with Crippen molar-refractivity contribution < 1.29 is 8.42 Å². The lowest BCUT2D eigenvalue weighted by molar-refractivity contribution is 0.396. The van der Waals surface area contributed by atoms with Gasteiger partial charge in [-0.15, -0.1) is 0 Å². The Morgan fingerprint density at radius 3 is 2.81 bits per heavy atom. The second-order valence-electron chi connectivity index (χ2n) is 4.95. The van der Waals surface area contributed by atoms with E-state index < -0.39 is 10.0 Å². The minimum absolute atomic E-state index is 0.0355. The predicted molar refractivity (Wildman–Crippen MR) is 82.7 cm³/mol. The number of hydrogen-bond donors (Lipinski definition) is 2. The lowest BCUT2D eigenvalue weighted by atomic mass is 10.2. The largest absolute Gasteiger partial charge is 0.388 e. The van der Waals surface area contributed by atoms with Gasteiger partial charge in [-0.25, -0.2) is 8.42 Å². The highest BCUT2D eigenvalue weighted by molar-refractivity contribution is 7.89. The molecule has 0 saturated heterocycles. The van der Waals surface area contributed by atoms with Crippen molar-refractivity contribution in [1.82, 2.24) is 9.29 Å². The van der Waals surface area contributed by atoms with Crippen molar-refractivity contribution in [2.75, 3.05) is 7.05 Å². The van der Waals surface area contributed by atoms with Crippen molar-refractivity contribution in [3.63, 3.8) is 0 Å². The lowest BCUT2D eigenvalue weighted by Crippen LogP contribution is -2.37. The zero-order valence-electron chi connectivity index (χ0n) is 11.9. The number of nitrogens with zero attached hydrogens (tertiary/aromatic N) is 2. The molecule has 0 aliphatic rings. The van der Waals surface area contributed by atoms with Crippen LogP contribution in [0.4, 0.5) is 0 Å². The van der Waals surface area contributed by atoms with Gasteiger partial charge in [0.05, 0.1) is 10.7 Å². The smallest absolute Gasteiger partial charge is 0.243 e. The van der Waals surface area contributed by atoms with Crippen LogP contribution in [0, 0.1) is 5.41 Å². The van der Waals surface area contributed by atoms with E-state index in [1.165, 1.54) is 11.4 Å². The fourth-order valence-electron chi connectivity index (χ4n) is 2.16. The van der Waals surface area contributed by atoms with Gasteiger partial charge in [-0.05, 0) is 19.1 Å².